The van der Waals surface area contributed by atoms with E-state index < -0.39 is 0 Å². The average molecular weight is 263 g/mol. The van der Waals surface area contributed by atoms with Crippen molar-refractivity contribution in [3.8, 4) is 0 Å². The fraction of sp³-hybridized carbons (Fsp3) is 0.182. The van der Waals surface area contributed by atoms with Crippen molar-refractivity contribution in [2.24, 2.45) is 7.05 Å². The molecule has 3 heterocycles. The number of pyridine rings is 1. The lowest BCUT2D eigenvalue weighted by Gasteiger charge is -1.96. The molecule has 0 aromatic carbocycles. The average Bonchev–Trinajstić information content (AvgIpc) is 2.82. The van der Waals surface area contributed by atoms with Gasteiger partial charge in [0, 0.05) is 19.4 Å². The number of anilines is 2. The van der Waals surface area contributed by atoms with Gasteiger partial charge in [0.25, 0.3) is 0 Å². The minimum atomic E-state index is 0.522. The molecule has 0 saturated heterocycles. The number of nitrogens with one attached hydrogen (secondary N) is 1. The van der Waals surface area contributed by atoms with E-state index >= 15 is 0 Å². The minimum Gasteiger partial charge on any atom is -0.320 e. The number of rotatable bonds is 2. The Balaban J connectivity index is 1.97. The summed E-state index contributed by atoms with van der Waals surface area (Å²) < 4.78 is 3.38. The van der Waals surface area contributed by atoms with E-state index in [-0.39, 0.29) is 0 Å². The number of fused-ring (bicyclic) bond motifs is 1. The van der Waals surface area contributed by atoms with E-state index in [2.05, 4.69) is 20.5 Å². The molecule has 0 amide bonds. The Morgan fingerprint density at radius 2 is 2.06 bits per heavy atom. The molecule has 0 aliphatic carbocycles. The van der Waals surface area contributed by atoms with Crippen molar-refractivity contribution in [2.75, 3.05) is 5.32 Å². The molecule has 3 aromatic rings. The highest BCUT2D eigenvalue weighted by Crippen LogP contribution is 2.17. The maximum Gasteiger partial charge on any atom is 0.247 e. The lowest BCUT2D eigenvalue weighted by molar-refractivity contribution is 0.756. The standard InChI is InChI=1S/C11H11ClN6/c1-7-9(6-17(2)15-7)13-11-14-10-4-3-8(12)5-18(10)16-11/h3-6H,1-2H3,(H,13,16). The molecule has 7 heteroatoms. The van der Waals surface area contributed by atoms with Gasteiger partial charge in [-0.3, -0.25) is 4.68 Å². The van der Waals surface area contributed by atoms with Gasteiger partial charge in [0.15, 0.2) is 5.65 Å². The largest absolute Gasteiger partial charge is 0.320 e. The monoisotopic (exact) mass is 262 g/mol. The van der Waals surface area contributed by atoms with Crippen LogP contribution in [0.2, 0.25) is 5.02 Å². The van der Waals surface area contributed by atoms with Crippen molar-refractivity contribution in [3.05, 3.63) is 35.2 Å². The van der Waals surface area contributed by atoms with E-state index in [1.165, 1.54) is 0 Å². The Morgan fingerprint density at radius 3 is 2.78 bits per heavy atom. The fourth-order valence-electron chi connectivity index (χ4n) is 1.75. The molecule has 0 aliphatic rings. The molecule has 0 bridgehead atoms. The summed E-state index contributed by atoms with van der Waals surface area (Å²) in [7, 11) is 1.87. The first-order chi connectivity index (χ1) is 8.61. The predicted molar refractivity (Wildman–Crippen MR) is 69.2 cm³/mol. The van der Waals surface area contributed by atoms with Crippen LogP contribution in [0.4, 0.5) is 11.6 Å². The summed E-state index contributed by atoms with van der Waals surface area (Å²) in [5.41, 5.74) is 2.53. The molecule has 0 spiro atoms. The van der Waals surface area contributed by atoms with Crippen LogP contribution in [0.1, 0.15) is 5.69 Å². The van der Waals surface area contributed by atoms with Gasteiger partial charge >= 0.3 is 0 Å². The molecule has 0 saturated carbocycles. The number of halogens is 1. The van der Waals surface area contributed by atoms with E-state index in [0.29, 0.717) is 11.0 Å². The highest BCUT2D eigenvalue weighted by atomic mass is 35.5. The Morgan fingerprint density at radius 1 is 1.22 bits per heavy atom. The molecule has 6 nitrogen and oxygen atoms in total. The summed E-state index contributed by atoms with van der Waals surface area (Å²) in [5.74, 6) is 0.522. The third-order valence-corrected chi connectivity index (χ3v) is 2.78. The molecular formula is C11H11ClN6. The van der Waals surface area contributed by atoms with Crippen molar-refractivity contribution in [2.45, 2.75) is 6.92 Å². The number of hydrogen-bond donors (Lipinski definition) is 1. The lowest BCUT2D eigenvalue weighted by Crippen LogP contribution is -1.93. The third kappa shape index (κ3) is 1.91. The molecule has 3 rings (SSSR count). The fourth-order valence-corrected chi connectivity index (χ4v) is 1.91. The van der Waals surface area contributed by atoms with Crippen molar-refractivity contribution in [3.63, 3.8) is 0 Å². The molecule has 0 unspecified atom stereocenters. The normalized spacial score (nSPS) is 11.1. The molecule has 3 aromatic heterocycles. The van der Waals surface area contributed by atoms with E-state index in [4.69, 9.17) is 11.6 Å². The van der Waals surface area contributed by atoms with Gasteiger partial charge in [-0.25, -0.2) is 4.52 Å². The van der Waals surface area contributed by atoms with E-state index in [0.717, 1.165) is 17.0 Å². The van der Waals surface area contributed by atoms with Crippen molar-refractivity contribution < 1.29 is 0 Å². The summed E-state index contributed by atoms with van der Waals surface area (Å²) in [6, 6.07) is 3.60. The number of hydrogen-bond acceptors (Lipinski definition) is 4. The highest BCUT2D eigenvalue weighted by Gasteiger charge is 2.07. The molecule has 18 heavy (non-hydrogen) atoms. The SMILES string of the molecule is Cc1nn(C)cc1Nc1nc2ccc(Cl)cn2n1. The van der Waals surface area contributed by atoms with Gasteiger partial charge in [-0.15, -0.1) is 5.10 Å². The zero-order valence-corrected chi connectivity index (χ0v) is 10.7. The Bertz CT molecular complexity index is 713. The van der Waals surface area contributed by atoms with Gasteiger partial charge in [-0.05, 0) is 19.1 Å². The second kappa shape index (κ2) is 3.99. The summed E-state index contributed by atoms with van der Waals surface area (Å²) in [6.45, 7) is 1.93. The van der Waals surface area contributed by atoms with Crippen molar-refractivity contribution in [1.82, 2.24) is 24.4 Å². The maximum absolute atomic E-state index is 5.89. The van der Waals surface area contributed by atoms with Crippen LogP contribution in [0, 0.1) is 6.92 Å². The Labute approximate surface area is 108 Å². The van der Waals surface area contributed by atoms with Crippen LogP contribution < -0.4 is 5.32 Å². The van der Waals surface area contributed by atoms with Crippen molar-refractivity contribution >= 4 is 28.9 Å². The highest BCUT2D eigenvalue weighted by molar-refractivity contribution is 6.30. The summed E-state index contributed by atoms with van der Waals surface area (Å²) in [5, 5.41) is 12.3. The van der Waals surface area contributed by atoms with Gasteiger partial charge < -0.3 is 5.32 Å². The maximum atomic E-state index is 5.89. The zero-order chi connectivity index (χ0) is 12.7. The van der Waals surface area contributed by atoms with E-state index in [9.17, 15) is 0 Å². The van der Waals surface area contributed by atoms with Crippen LogP contribution in [-0.2, 0) is 7.05 Å². The third-order valence-electron chi connectivity index (χ3n) is 2.55. The molecule has 0 atom stereocenters. The first-order valence-electron chi connectivity index (χ1n) is 5.41. The Kier molecular flexibility index (Phi) is 2.45. The van der Waals surface area contributed by atoms with Gasteiger partial charge in [0.1, 0.15) is 0 Å². The number of aryl methyl sites for hydroxylation is 2. The van der Waals surface area contributed by atoms with Crippen LogP contribution in [-0.4, -0.2) is 24.4 Å². The molecule has 0 fully saturated rings. The smallest absolute Gasteiger partial charge is 0.247 e. The van der Waals surface area contributed by atoms with Crippen LogP contribution in [0.25, 0.3) is 5.65 Å². The molecule has 0 aliphatic heterocycles. The summed E-state index contributed by atoms with van der Waals surface area (Å²) >= 11 is 5.89. The lowest BCUT2D eigenvalue weighted by atomic mass is 10.4. The topological polar surface area (TPSA) is 60.0 Å². The molecule has 0 radical (unpaired) electrons. The summed E-state index contributed by atoms with van der Waals surface area (Å²) in [6.07, 6.45) is 3.60. The zero-order valence-electron chi connectivity index (χ0n) is 9.92. The number of aromatic nitrogens is 5. The number of nitrogens with zero attached hydrogens (tertiary/aromatic N) is 5. The second-order valence-electron chi connectivity index (χ2n) is 4.01. The van der Waals surface area contributed by atoms with E-state index in [1.807, 2.05) is 26.2 Å². The van der Waals surface area contributed by atoms with Gasteiger partial charge in [-0.1, -0.05) is 11.6 Å². The first kappa shape index (κ1) is 11.0. The minimum absolute atomic E-state index is 0.522. The quantitative estimate of drug-likeness (QED) is 0.769. The van der Waals surface area contributed by atoms with Crippen LogP contribution in [0.15, 0.2) is 24.5 Å². The van der Waals surface area contributed by atoms with Gasteiger partial charge in [0.05, 0.1) is 16.4 Å². The van der Waals surface area contributed by atoms with Gasteiger partial charge in [0.2, 0.25) is 5.95 Å². The summed E-state index contributed by atoms with van der Waals surface area (Å²) in [4.78, 5) is 4.34. The van der Waals surface area contributed by atoms with Crippen LogP contribution >= 0.6 is 11.6 Å². The molecule has 1 N–H and O–H groups in total. The van der Waals surface area contributed by atoms with Crippen LogP contribution in [0.3, 0.4) is 0 Å². The van der Waals surface area contributed by atoms with Gasteiger partial charge in [-0.2, -0.15) is 10.1 Å². The molecule has 92 valence electrons. The van der Waals surface area contributed by atoms with Crippen molar-refractivity contribution in [1.29, 1.82) is 0 Å². The predicted octanol–water partition coefficient (Wildman–Crippen LogP) is 2.17. The Hall–Kier alpha value is -2.08. The van der Waals surface area contributed by atoms with E-state index in [1.54, 1.807) is 21.5 Å². The van der Waals surface area contributed by atoms with Crippen LogP contribution in [0.5, 0.6) is 0 Å². The first-order valence-corrected chi connectivity index (χ1v) is 5.79. The molecular weight excluding hydrogens is 252 g/mol. The second-order valence-corrected chi connectivity index (χ2v) is 4.45.